The fourth-order valence-corrected chi connectivity index (χ4v) is 2.00. The van der Waals surface area contributed by atoms with Gasteiger partial charge in [0.15, 0.2) is 0 Å². The molecule has 0 saturated carbocycles. The van der Waals surface area contributed by atoms with Crippen LogP contribution in [0.4, 0.5) is 16.2 Å². The number of benzene rings is 1. The number of carbonyl (C=O) groups excluding carboxylic acids is 3. The van der Waals surface area contributed by atoms with E-state index < -0.39 is 17.6 Å². The molecule has 0 bridgehead atoms. The molecular weight excluding hydrogens is 362 g/mol. The summed E-state index contributed by atoms with van der Waals surface area (Å²) in [6, 6.07) is 8.12. The Kier molecular flexibility index (Phi) is 8.16. The lowest BCUT2D eigenvalue weighted by Gasteiger charge is -2.25. The third-order valence-corrected chi connectivity index (χ3v) is 3.11. The zero-order chi connectivity index (χ0) is 21.3. The quantitative estimate of drug-likeness (QED) is 0.505. The number of rotatable bonds is 6. The number of hydrogen-bond acceptors (Lipinski definition) is 6. The van der Waals surface area contributed by atoms with Crippen molar-refractivity contribution in [3.05, 3.63) is 36.0 Å². The van der Waals surface area contributed by atoms with Crippen molar-refractivity contribution >= 4 is 29.3 Å². The second kappa shape index (κ2) is 10.1. The molecule has 3 amide bonds. The zero-order valence-electron chi connectivity index (χ0n) is 16.4. The van der Waals surface area contributed by atoms with Crippen LogP contribution in [0.2, 0.25) is 0 Å². The monoisotopic (exact) mass is 387 g/mol. The summed E-state index contributed by atoms with van der Waals surface area (Å²) in [5, 5.41) is 14.5. The van der Waals surface area contributed by atoms with Gasteiger partial charge in [0, 0.05) is 37.6 Å². The summed E-state index contributed by atoms with van der Waals surface area (Å²) in [6.45, 7) is 6.71. The highest BCUT2D eigenvalue weighted by molar-refractivity contribution is 6.06. The topological polar surface area (TPSA) is 138 Å². The third-order valence-electron chi connectivity index (χ3n) is 3.11. The maximum absolute atomic E-state index is 12.4. The van der Waals surface area contributed by atoms with Gasteiger partial charge in [-0.25, -0.2) is 4.79 Å². The van der Waals surface area contributed by atoms with Gasteiger partial charge in [-0.3, -0.25) is 14.5 Å². The molecule has 0 radical (unpaired) electrons. The maximum atomic E-state index is 12.4. The van der Waals surface area contributed by atoms with Gasteiger partial charge in [-0.2, -0.15) is 5.26 Å². The SMILES string of the molecule is CC(=O)Nc1ccc(NC(=O)/C(C#N)=C\N(CCN)C(=O)OC(C)(C)C)cc1. The van der Waals surface area contributed by atoms with Crippen LogP contribution in [0.25, 0.3) is 0 Å². The van der Waals surface area contributed by atoms with E-state index in [9.17, 15) is 19.6 Å². The molecule has 0 spiro atoms. The van der Waals surface area contributed by atoms with Gasteiger partial charge in [-0.15, -0.1) is 0 Å². The normalized spacial score (nSPS) is 11.2. The first-order valence-corrected chi connectivity index (χ1v) is 8.56. The molecule has 1 rings (SSSR count). The van der Waals surface area contributed by atoms with Gasteiger partial charge in [0.1, 0.15) is 17.2 Å². The summed E-state index contributed by atoms with van der Waals surface area (Å²) < 4.78 is 5.25. The number of nitrogens with zero attached hydrogens (tertiary/aromatic N) is 2. The van der Waals surface area contributed by atoms with E-state index >= 15 is 0 Å². The van der Waals surface area contributed by atoms with Crippen molar-refractivity contribution < 1.29 is 19.1 Å². The summed E-state index contributed by atoms with van der Waals surface area (Å²) in [4.78, 5) is 36.7. The zero-order valence-corrected chi connectivity index (χ0v) is 16.4. The van der Waals surface area contributed by atoms with E-state index in [0.29, 0.717) is 11.4 Å². The van der Waals surface area contributed by atoms with Crippen LogP contribution in [0, 0.1) is 11.3 Å². The summed E-state index contributed by atoms with van der Waals surface area (Å²) in [5.41, 5.74) is 5.47. The van der Waals surface area contributed by atoms with Gasteiger partial charge in [0.05, 0.1) is 0 Å². The van der Waals surface area contributed by atoms with Crippen LogP contribution in [-0.2, 0) is 14.3 Å². The Balaban J connectivity index is 2.93. The smallest absolute Gasteiger partial charge is 0.414 e. The lowest BCUT2D eigenvalue weighted by Crippen LogP contribution is -2.37. The summed E-state index contributed by atoms with van der Waals surface area (Å²) in [7, 11) is 0. The molecule has 0 aliphatic rings. The molecule has 28 heavy (non-hydrogen) atoms. The number of nitrogens with one attached hydrogen (secondary N) is 2. The molecule has 0 aromatic heterocycles. The molecule has 0 saturated heterocycles. The van der Waals surface area contributed by atoms with Crippen LogP contribution < -0.4 is 16.4 Å². The highest BCUT2D eigenvalue weighted by atomic mass is 16.6. The molecule has 9 heteroatoms. The largest absolute Gasteiger partial charge is 0.443 e. The minimum Gasteiger partial charge on any atom is -0.443 e. The second-order valence-corrected chi connectivity index (χ2v) is 6.83. The van der Waals surface area contributed by atoms with Gasteiger partial charge in [-0.05, 0) is 45.0 Å². The third kappa shape index (κ3) is 7.88. The first kappa shape index (κ1) is 22.7. The van der Waals surface area contributed by atoms with Crippen molar-refractivity contribution in [2.24, 2.45) is 5.73 Å². The number of nitriles is 1. The lowest BCUT2D eigenvalue weighted by atomic mass is 10.2. The minimum absolute atomic E-state index is 0.0821. The van der Waals surface area contributed by atoms with Gasteiger partial charge in [0.25, 0.3) is 5.91 Å². The predicted molar refractivity (Wildman–Crippen MR) is 105 cm³/mol. The predicted octanol–water partition coefficient (Wildman–Crippen LogP) is 2.19. The van der Waals surface area contributed by atoms with Gasteiger partial charge in [0.2, 0.25) is 5.91 Å². The Labute approximate surface area is 164 Å². The Hall–Kier alpha value is -3.38. The average Bonchev–Trinajstić information content (AvgIpc) is 2.58. The minimum atomic E-state index is -0.734. The average molecular weight is 387 g/mol. The molecule has 0 aliphatic heterocycles. The lowest BCUT2D eigenvalue weighted by molar-refractivity contribution is -0.114. The molecule has 9 nitrogen and oxygen atoms in total. The van der Waals surface area contributed by atoms with Crippen LogP contribution >= 0.6 is 0 Å². The molecule has 0 unspecified atom stereocenters. The number of carbonyl (C=O) groups is 3. The van der Waals surface area contributed by atoms with Crippen molar-refractivity contribution in [3.8, 4) is 6.07 Å². The number of hydrogen-bond donors (Lipinski definition) is 3. The van der Waals surface area contributed by atoms with Crippen molar-refractivity contribution in [2.75, 3.05) is 23.7 Å². The number of ether oxygens (including phenoxy) is 1. The highest BCUT2D eigenvalue weighted by Crippen LogP contribution is 2.15. The standard InChI is InChI=1S/C19H25N5O4/c1-13(25)22-15-5-7-16(8-6-15)23-17(26)14(11-21)12-24(10-9-20)18(27)28-19(2,3)4/h5-8,12H,9-10,20H2,1-4H3,(H,22,25)(H,23,26)/b14-12-. The molecule has 4 N–H and O–H groups in total. The van der Waals surface area contributed by atoms with E-state index in [2.05, 4.69) is 10.6 Å². The van der Waals surface area contributed by atoms with E-state index in [-0.39, 0.29) is 24.6 Å². The van der Waals surface area contributed by atoms with Crippen LogP contribution in [0.3, 0.4) is 0 Å². The van der Waals surface area contributed by atoms with Crippen molar-refractivity contribution in [3.63, 3.8) is 0 Å². The summed E-state index contributed by atoms with van der Waals surface area (Å²) >= 11 is 0. The summed E-state index contributed by atoms with van der Waals surface area (Å²) in [6.07, 6.45) is 0.403. The molecule has 1 aromatic rings. The highest BCUT2D eigenvalue weighted by Gasteiger charge is 2.22. The Morgan fingerprint density at radius 3 is 2.14 bits per heavy atom. The molecule has 0 heterocycles. The van der Waals surface area contributed by atoms with E-state index in [0.717, 1.165) is 11.1 Å². The molecule has 0 atom stereocenters. The van der Waals surface area contributed by atoms with Crippen LogP contribution in [0.5, 0.6) is 0 Å². The van der Waals surface area contributed by atoms with Crippen molar-refractivity contribution in [1.82, 2.24) is 4.90 Å². The fraction of sp³-hybridized carbons (Fsp3) is 0.368. The first-order valence-electron chi connectivity index (χ1n) is 8.56. The van der Waals surface area contributed by atoms with Crippen LogP contribution in [0.15, 0.2) is 36.0 Å². The van der Waals surface area contributed by atoms with Gasteiger partial charge >= 0.3 is 6.09 Å². The molecule has 150 valence electrons. The number of nitrogens with two attached hydrogens (primary N) is 1. The van der Waals surface area contributed by atoms with Crippen molar-refractivity contribution in [1.29, 1.82) is 5.26 Å². The molecule has 1 aromatic carbocycles. The van der Waals surface area contributed by atoms with Crippen LogP contribution in [-0.4, -0.2) is 41.5 Å². The van der Waals surface area contributed by atoms with Gasteiger partial charge in [-0.1, -0.05) is 0 Å². The Morgan fingerprint density at radius 1 is 1.18 bits per heavy atom. The first-order chi connectivity index (χ1) is 13.1. The van der Waals surface area contributed by atoms with Crippen molar-refractivity contribution in [2.45, 2.75) is 33.3 Å². The molecule has 0 aliphatic carbocycles. The van der Waals surface area contributed by atoms with E-state index in [4.69, 9.17) is 10.5 Å². The van der Waals surface area contributed by atoms with E-state index in [1.165, 1.54) is 6.92 Å². The second-order valence-electron chi connectivity index (χ2n) is 6.83. The fourth-order valence-electron chi connectivity index (χ4n) is 2.00. The maximum Gasteiger partial charge on any atom is 0.414 e. The Morgan fingerprint density at radius 2 is 1.71 bits per heavy atom. The number of amides is 3. The van der Waals surface area contributed by atoms with E-state index in [1.807, 2.05) is 0 Å². The molecular formula is C19H25N5O4. The van der Waals surface area contributed by atoms with Crippen LogP contribution in [0.1, 0.15) is 27.7 Å². The van der Waals surface area contributed by atoms with Gasteiger partial charge < -0.3 is 21.1 Å². The molecule has 0 fully saturated rings. The summed E-state index contributed by atoms with van der Waals surface area (Å²) in [5.74, 6) is -0.908. The Bertz CT molecular complexity index is 788. The number of anilines is 2. The van der Waals surface area contributed by atoms with E-state index in [1.54, 1.807) is 51.1 Å².